The second kappa shape index (κ2) is 6.07. The van der Waals surface area contributed by atoms with Crippen LogP contribution in [0.15, 0.2) is 18.2 Å². The van der Waals surface area contributed by atoms with E-state index in [1.54, 1.807) is 6.26 Å². The molecule has 0 aliphatic heterocycles. The Morgan fingerprint density at radius 2 is 2.22 bits per heavy atom. The van der Waals surface area contributed by atoms with Crippen molar-refractivity contribution in [1.82, 2.24) is 0 Å². The van der Waals surface area contributed by atoms with Gasteiger partial charge in [0, 0.05) is 39.6 Å². The lowest BCUT2D eigenvalue weighted by Crippen LogP contribution is -2.15. The lowest BCUT2D eigenvalue weighted by Gasteiger charge is -2.15. The monoisotopic (exact) mass is 285 g/mol. The van der Waals surface area contributed by atoms with Gasteiger partial charge in [0.25, 0.3) is 0 Å². The van der Waals surface area contributed by atoms with Crippen LogP contribution >= 0.6 is 11.6 Å². The summed E-state index contributed by atoms with van der Waals surface area (Å²) in [4.78, 5) is 0. The van der Waals surface area contributed by atoms with Gasteiger partial charge in [0.2, 0.25) is 0 Å². The molecule has 0 saturated heterocycles. The fourth-order valence-corrected chi connectivity index (χ4v) is 3.51. The zero-order valence-corrected chi connectivity index (χ0v) is 12.5. The SMILES string of the molecule is CC1CCC(Nc2ccc(Cl)c(CS(C)=O)c2)C1. The Balaban J connectivity index is 2.07. The summed E-state index contributed by atoms with van der Waals surface area (Å²) >= 11 is 6.12. The Morgan fingerprint density at radius 1 is 1.44 bits per heavy atom. The summed E-state index contributed by atoms with van der Waals surface area (Å²) in [5.41, 5.74) is 2.06. The van der Waals surface area contributed by atoms with Gasteiger partial charge in [0.15, 0.2) is 0 Å². The topological polar surface area (TPSA) is 29.1 Å². The van der Waals surface area contributed by atoms with Crippen LogP contribution in [0.1, 0.15) is 31.7 Å². The summed E-state index contributed by atoms with van der Waals surface area (Å²) in [6.07, 6.45) is 5.47. The smallest absolute Gasteiger partial charge is 0.0498 e. The predicted molar refractivity (Wildman–Crippen MR) is 79.6 cm³/mol. The summed E-state index contributed by atoms with van der Waals surface area (Å²) in [6, 6.07) is 6.51. The van der Waals surface area contributed by atoms with E-state index in [1.807, 2.05) is 18.2 Å². The number of halogens is 1. The number of rotatable bonds is 4. The molecule has 1 aliphatic rings. The van der Waals surface area contributed by atoms with Crippen molar-refractivity contribution in [2.75, 3.05) is 11.6 Å². The van der Waals surface area contributed by atoms with E-state index in [2.05, 4.69) is 12.2 Å². The molecular formula is C14H20ClNOS. The van der Waals surface area contributed by atoms with Gasteiger partial charge in [-0.2, -0.15) is 0 Å². The number of nitrogens with one attached hydrogen (secondary N) is 1. The average Bonchev–Trinajstić information content (AvgIpc) is 2.68. The maximum atomic E-state index is 11.3. The van der Waals surface area contributed by atoms with Crippen LogP contribution < -0.4 is 5.32 Å². The van der Waals surface area contributed by atoms with Gasteiger partial charge in [-0.05, 0) is 48.9 Å². The number of hydrogen-bond donors (Lipinski definition) is 1. The first-order valence-electron chi connectivity index (χ1n) is 6.39. The van der Waals surface area contributed by atoms with Crippen LogP contribution in [0.3, 0.4) is 0 Å². The Morgan fingerprint density at radius 3 is 2.83 bits per heavy atom. The zero-order valence-electron chi connectivity index (χ0n) is 10.9. The maximum Gasteiger partial charge on any atom is 0.0498 e. The Bertz CT molecular complexity index is 449. The molecule has 2 rings (SSSR count). The minimum Gasteiger partial charge on any atom is -0.382 e. The van der Waals surface area contributed by atoms with E-state index >= 15 is 0 Å². The first-order chi connectivity index (χ1) is 8.54. The standard InChI is InChI=1S/C14H20ClNOS/c1-10-3-4-12(7-10)16-13-5-6-14(15)11(8-13)9-18(2)17/h5-6,8,10,12,16H,3-4,7,9H2,1-2H3. The van der Waals surface area contributed by atoms with Crippen LogP contribution in [0.25, 0.3) is 0 Å². The number of benzene rings is 1. The van der Waals surface area contributed by atoms with Gasteiger partial charge in [-0.1, -0.05) is 18.5 Å². The molecule has 1 fully saturated rings. The minimum absolute atomic E-state index is 0.523. The highest BCUT2D eigenvalue weighted by atomic mass is 35.5. The highest BCUT2D eigenvalue weighted by Gasteiger charge is 2.21. The van der Waals surface area contributed by atoms with Crippen LogP contribution in [-0.2, 0) is 16.6 Å². The summed E-state index contributed by atoms with van der Waals surface area (Å²) in [5.74, 6) is 1.34. The van der Waals surface area contributed by atoms with Crippen molar-refractivity contribution in [3.05, 3.63) is 28.8 Å². The minimum atomic E-state index is -0.857. The van der Waals surface area contributed by atoms with Gasteiger partial charge >= 0.3 is 0 Å². The van der Waals surface area contributed by atoms with Crippen molar-refractivity contribution in [3.63, 3.8) is 0 Å². The van der Waals surface area contributed by atoms with Crippen LogP contribution in [-0.4, -0.2) is 16.5 Å². The Kier molecular flexibility index (Phi) is 4.68. The molecule has 0 aromatic heterocycles. The van der Waals surface area contributed by atoms with Gasteiger partial charge < -0.3 is 5.32 Å². The first-order valence-corrected chi connectivity index (χ1v) is 8.50. The number of hydrogen-bond acceptors (Lipinski definition) is 2. The van der Waals surface area contributed by atoms with Gasteiger partial charge in [-0.15, -0.1) is 0 Å². The Hall–Kier alpha value is -0.540. The normalized spacial score (nSPS) is 25.1. The summed E-state index contributed by atoms with van der Waals surface area (Å²) in [6.45, 7) is 2.30. The Labute approximate surface area is 117 Å². The molecular weight excluding hydrogens is 266 g/mol. The molecule has 1 aromatic rings. The fourth-order valence-electron chi connectivity index (χ4n) is 2.57. The van der Waals surface area contributed by atoms with Crippen LogP contribution in [0.4, 0.5) is 5.69 Å². The second-order valence-electron chi connectivity index (χ2n) is 5.28. The molecule has 3 atom stereocenters. The number of anilines is 1. The van der Waals surface area contributed by atoms with Gasteiger partial charge in [0.1, 0.15) is 0 Å². The molecule has 0 amide bonds. The molecule has 1 saturated carbocycles. The molecule has 1 aromatic carbocycles. The van der Waals surface area contributed by atoms with Crippen LogP contribution in [0.5, 0.6) is 0 Å². The molecule has 100 valence electrons. The third-order valence-corrected chi connectivity index (χ3v) is 4.56. The van der Waals surface area contributed by atoms with E-state index in [-0.39, 0.29) is 0 Å². The van der Waals surface area contributed by atoms with Crippen molar-refractivity contribution in [2.24, 2.45) is 5.92 Å². The molecule has 1 aliphatic carbocycles. The summed E-state index contributed by atoms with van der Waals surface area (Å²) in [5, 5.41) is 4.26. The van der Waals surface area contributed by atoms with Crippen LogP contribution in [0.2, 0.25) is 5.02 Å². The first kappa shape index (κ1) is 13.9. The molecule has 18 heavy (non-hydrogen) atoms. The highest BCUT2D eigenvalue weighted by molar-refractivity contribution is 7.83. The van der Waals surface area contributed by atoms with Gasteiger partial charge in [-0.3, -0.25) is 4.21 Å². The molecule has 0 bridgehead atoms. The average molecular weight is 286 g/mol. The van der Waals surface area contributed by atoms with Crippen molar-refractivity contribution in [3.8, 4) is 0 Å². The van der Waals surface area contributed by atoms with E-state index < -0.39 is 10.8 Å². The van der Waals surface area contributed by atoms with E-state index in [9.17, 15) is 4.21 Å². The molecule has 0 radical (unpaired) electrons. The molecule has 4 heteroatoms. The van der Waals surface area contributed by atoms with Crippen molar-refractivity contribution >= 4 is 28.1 Å². The maximum absolute atomic E-state index is 11.3. The van der Waals surface area contributed by atoms with Gasteiger partial charge in [0.05, 0.1) is 0 Å². The second-order valence-corrected chi connectivity index (χ2v) is 7.13. The van der Waals surface area contributed by atoms with E-state index in [1.165, 1.54) is 19.3 Å². The molecule has 2 nitrogen and oxygen atoms in total. The quantitative estimate of drug-likeness (QED) is 0.911. The molecule has 0 spiro atoms. The zero-order chi connectivity index (χ0) is 13.1. The van der Waals surface area contributed by atoms with E-state index in [4.69, 9.17) is 11.6 Å². The predicted octanol–water partition coefficient (Wildman–Crippen LogP) is 3.82. The van der Waals surface area contributed by atoms with Crippen molar-refractivity contribution in [1.29, 1.82) is 0 Å². The highest BCUT2D eigenvalue weighted by Crippen LogP contribution is 2.29. The third kappa shape index (κ3) is 3.72. The van der Waals surface area contributed by atoms with Crippen LogP contribution in [0, 0.1) is 5.92 Å². The molecule has 3 unspecified atom stereocenters. The lowest BCUT2D eigenvalue weighted by molar-refractivity contribution is 0.602. The summed E-state index contributed by atoms with van der Waals surface area (Å²) in [7, 11) is -0.857. The summed E-state index contributed by atoms with van der Waals surface area (Å²) < 4.78 is 11.3. The van der Waals surface area contributed by atoms with Gasteiger partial charge in [-0.25, -0.2) is 0 Å². The van der Waals surface area contributed by atoms with Crippen molar-refractivity contribution < 1.29 is 4.21 Å². The molecule has 1 N–H and O–H groups in total. The molecule has 0 heterocycles. The van der Waals surface area contributed by atoms with E-state index in [0.29, 0.717) is 16.8 Å². The fraction of sp³-hybridized carbons (Fsp3) is 0.571. The van der Waals surface area contributed by atoms with Crippen molar-refractivity contribution in [2.45, 2.75) is 38.0 Å². The van der Waals surface area contributed by atoms with E-state index in [0.717, 1.165) is 17.2 Å². The third-order valence-electron chi connectivity index (χ3n) is 3.47. The lowest BCUT2D eigenvalue weighted by atomic mass is 10.1. The largest absolute Gasteiger partial charge is 0.382 e.